The fourth-order valence-corrected chi connectivity index (χ4v) is 5.49. The number of benzene rings is 2. The van der Waals surface area contributed by atoms with Crippen LogP contribution < -0.4 is 5.32 Å². The molecular weight excluding hydrogens is 414 g/mol. The van der Waals surface area contributed by atoms with Crippen molar-refractivity contribution in [2.45, 2.75) is 31.6 Å². The first-order valence-electron chi connectivity index (χ1n) is 10.5. The summed E-state index contributed by atoms with van der Waals surface area (Å²) in [7, 11) is -3.60. The number of piperazine rings is 1. The molecule has 7 nitrogen and oxygen atoms in total. The number of carbonyl (C=O) groups excluding carboxylic acids is 2. The number of nitrogens with one attached hydrogen (secondary N) is 1. The number of rotatable bonds is 5. The molecule has 0 aromatic heterocycles. The third kappa shape index (κ3) is 4.65. The number of aryl methyl sites for hydroxylation is 2. The van der Waals surface area contributed by atoms with Crippen molar-refractivity contribution >= 4 is 27.5 Å². The van der Waals surface area contributed by atoms with Gasteiger partial charge in [0.2, 0.25) is 15.9 Å². The Bertz CT molecular complexity index is 1120. The highest BCUT2D eigenvalue weighted by Gasteiger charge is 2.32. The molecule has 1 N–H and O–H groups in total. The number of nitrogens with zero attached hydrogens (tertiary/aromatic N) is 2. The molecule has 2 fully saturated rings. The molecule has 0 spiro atoms. The van der Waals surface area contributed by atoms with Crippen LogP contribution in [0.3, 0.4) is 0 Å². The Morgan fingerprint density at radius 3 is 2.32 bits per heavy atom. The van der Waals surface area contributed by atoms with E-state index in [0.717, 1.165) is 24.0 Å². The number of anilines is 1. The Labute approximate surface area is 183 Å². The van der Waals surface area contributed by atoms with Gasteiger partial charge in [0.25, 0.3) is 5.91 Å². The van der Waals surface area contributed by atoms with E-state index in [0.29, 0.717) is 29.2 Å². The van der Waals surface area contributed by atoms with E-state index in [9.17, 15) is 18.0 Å². The smallest absolute Gasteiger partial charge is 0.254 e. The summed E-state index contributed by atoms with van der Waals surface area (Å²) >= 11 is 0. The Hall–Kier alpha value is -2.71. The first-order valence-corrected chi connectivity index (χ1v) is 12.0. The summed E-state index contributed by atoms with van der Waals surface area (Å²) in [6.45, 7) is 4.87. The molecule has 31 heavy (non-hydrogen) atoms. The SMILES string of the molecule is Cc1ccc(S(=O)(=O)N2CCN(C(=O)c3cccc(NC(=O)C4CC4)c3)CC2)c(C)c1. The topological polar surface area (TPSA) is 86.8 Å². The first kappa shape index (κ1) is 21.5. The van der Waals surface area contributed by atoms with Crippen LogP contribution in [0.1, 0.15) is 34.3 Å². The van der Waals surface area contributed by atoms with Crippen molar-refractivity contribution in [1.82, 2.24) is 9.21 Å². The molecule has 4 rings (SSSR count). The molecule has 0 radical (unpaired) electrons. The van der Waals surface area contributed by atoms with Crippen LogP contribution in [0.15, 0.2) is 47.4 Å². The second-order valence-electron chi connectivity index (χ2n) is 8.31. The van der Waals surface area contributed by atoms with Gasteiger partial charge in [0.15, 0.2) is 0 Å². The molecule has 2 aliphatic rings. The zero-order chi connectivity index (χ0) is 22.2. The Morgan fingerprint density at radius 2 is 1.68 bits per heavy atom. The molecule has 0 bridgehead atoms. The second-order valence-corrected chi connectivity index (χ2v) is 10.2. The van der Waals surface area contributed by atoms with Crippen molar-refractivity contribution in [1.29, 1.82) is 0 Å². The van der Waals surface area contributed by atoms with Gasteiger partial charge in [0.1, 0.15) is 0 Å². The minimum absolute atomic E-state index is 0.00480. The van der Waals surface area contributed by atoms with Gasteiger partial charge in [-0.15, -0.1) is 0 Å². The lowest BCUT2D eigenvalue weighted by atomic mass is 10.1. The summed E-state index contributed by atoms with van der Waals surface area (Å²) in [5, 5.41) is 2.86. The third-order valence-electron chi connectivity index (χ3n) is 5.80. The van der Waals surface area contributed by atoms with E-state index in [1.807, 2.05) is 13.0 Å². The van der Waals surface area contributed by atoms with Crippen LogP contribution in [0.25, 0.3) is 0 Å². The van der Waals surface area contributed by atoms with Gasteiger partial charge in [-0.05, 0) is 56.5 Å². The molecule has 1 aliphatic heterocycles. The van der Waals surface area contributed by atoms with Gasteiger partial charge in [0, 0.05) is 43.3 Å². The summed E-state index contributed by atoms with van der Waals surface area (Å²) in [6, 6.07) is 12.2. The molecule has 2 aromatic carbocycles. The van der Waals surface area contributed by atoms with Gasteiger partial charge >= 0.3 is 0 Å². The normalized spacial score (nSPS) is 17.4. The zero-order valence-corrected chi connectivity index (χ0v) is 18.6. The van der Waals surface area contributed by atoms with Crippen molar-refractivity contribution in [2.24, 2.45) is 5.92 Å². The molecule has 0 atom stereocenters. The Kier molecular flexibility index (Phi) is 5.85. The quantitative estimate of drug-likeness (QED) is 0.773. The minimum atomic E-state index is -3.60. The molecular formula is C23H27N3O4S. The van der Waals surface area contributed by atoms with Crippen molar-refractivity contribution in [3.63, 3.8) is 0 Å². The zero-order valence-electron chi connectivity index (χ0n) is 17.8. The highest BCUT2D eigenvalue weighted by Crippen LogP contribution is 2.30. The summed E-state index contributed by atoms with van der Waals surface area (Å²) in [5.74, 6) is -0.0764. The fraction of sp³-hybridized carbons (Fsp3) is 0.391. The Balaban J connectivity index is 1.41. The van der Waals surface area contributed by atoms with E-state index < -0.39 is 10.0 Å². The number of carbonyl (C=O) groups is 2. The van der Waals surface area contributed by atoms with Crippen LogP contribution in [-0.2, 0) is 14.8 Å². The molecule has 1 saturated heterocycles. The standard InChI is InChI=1S/C23H27N3O4S/c1-16-6-9-21(17(2)14-16)31(29,30)26-12-10-25(11-13-26)23(28)19-4-3-5-20(15-19)24-22(27)18-7-8-18/h3-6,9,14-15,18H,7-8,10-13H2,1-2H3,(H,24,27). The lowest BCUT2D eigenvalue weighted by molar-refractivity contribution is -0.117. The van der Waals surface area contributed by atoms with Crippen LogP contribution >= 0.6 is 0 Å². The molecule has 1 aliphatic carbocycles. The first-order chi connectivity index (χ1) is 14.8. The van der Waals surface area contributed by atoms with E-state index in [1.165, 1.54) is 4.31 Å². The van der Waals surface area contributed by atoms with E-state index in [2.05, 4.69) is 5.32 Å². The van der Waals surface area contributed by atoms with E-state index in [-0.39, 0.29) is 30.8 Å². The maximum Gasteiger partial charge on any atom is 0.254 e. The van der Waals surface area contributed by atoms with Crippen molar-refractivity contribution in [3.05, 3.63) is 59.2 Å². The van der Waals surface area contributed by atoms with E-state index >= 15 is 0 Å². The lowest BCUT2D eigenvalue weighted by Gasteiger charge is -2.34. The lowest BCUT2D eigenvalue weighted by Crippen LogP contribution is -2.50. The van der Waals surface area contributed by atoms with Crippen molar-refractivity contribution < 1.29 is 18.0 Å². The van der Waals surface area contributed by atoms with E-state index in [1.54, 1.807) is 48.2 Å². The number of hydrogen-bond donors (Lipinski definition) is 1. The second kappa shape index (κ2) is 8.43. The number of hydrogen-bond acceptors (Lipinski definition) is 4. The van der Waals surface area contributed by atoms with Crippen LogP contribution in [0, 0.1) is 19.8 Å². The van der Waals surface area contributed by atoms with Crippen LogP contribution in [0.2, 0.25) is 0 Å². The summed E-state index contributed by atoms with van der Waals surface area (Å²) in [6.07, 6.45) is 1.83. The molecule has 2 amide bonds. The number of sulfonamides is 1. The maximum absolute atomic E-state index is 13.1. The molecule has 1 heterocycles. The van der Waals surface area contributed by atoms with Crippen LogP contribution in [0.4, 0.5) is 5.69 Å². The predicted molar refractivity (Wildman–Crippen MR) is 118 cm³/mol. The van der Waals surface area contributed by atoms with Gasteiger partial charge < -0.3 is 10.2 Å². The van der Waals surface area contributed by atoms with Crippen LogP contribution in [-0.4, -0.2) is 55.6 Å². The highest BCUT2D eigenvalue weighted by atomic mass is 32.2. The minimum Gasteiger partial charge on any atom is -0.336 e. The van der Waals surface area contributed by atoms with Crippen LogP contribution in [0.5, 0.6) is 0 Å². The van der Waals surface area contributed by atoms with Gasteiger partial charge in [-0.3, -0.25) is 9.59 Å². The highest BCUT2D eigenvalue weighted by molar-refractivity contribution is 7.89. The molecule has 8 heteroatoms. The van der Waals surface area contributed by atoms with Gasteiger partial charge in [-0.25, -0.2) is 8.42 Å². The average Bonchev–Trinajstić information content (AvgIpc) is 3.59. The van der Waals surface area contributed by atoms with E-state index in [4.69, 9.17) is 0 Å². The molecule has 1 saturated carbocycles. The van der Waals surface area contributed by atoms with Gasteiger partial charge in [-0.2, -0.15) is 4.31 Å². The summed E-state index contributed by atoms with van der Waals surface area (Å²) < 4.78 is 27.6. The van der Waals surface area contributed by atoms with Gasteiger partial charge in [0.05, 0.1) is 4.90 Å². The third-order valence-corrected chi connectivity index (χ3v) is 7.86. The Morgan fingerprint density at radius 1 is 0.968 bits per heavy atom. The number of amides is 2. The van der Waals surface area contributed by atoms with Crippen molar-refractivity contribution in [3.8, 4) is 0 Å². The largest absolute Gasteiger partial charge is 0.336 e. The average molecular weight is 442 g/mol. The fourth-order valence-electron chi connectivity index (χ4n) is 3.86. The summed E-state index contributed by atoms with van der Waals surface area (Å²) in [5.41, 5.74) is 2.84. The van der Waals surface area contributed by atoms with Gasteiger partial charge in [-0.1, -0.05) is 23.8 Å². The summed E-state index contributed by atoms with van der Waals surface area (Å²) in [4.78, 5) is 26.9. The molecule has 2 aromatic rings. The molecule has 164 valence electrons. The van der Waals surface area contributed by atoms with Crippen molar-refractivity contribution in [2.75, 3.05) is 31.5 Å². The predicted octanol–water partition coefficient (Wildman–Crippen LogP) is 2.80. The maximum atomic E-state index is 13.1. The molecule has 0 unspecified atom stereocenters. The monoisotopic (exact) mass is 441 g/mol.